The number of nitrogens with one attached hydrogen (secondary N) is 1. The lowest BCUT2D eigenvalue weighted by molar-refractivity contribution is -0.114. The molecule has 5 rings (SSSR count). The summed E-state index contributed by atoms with van der Waals surface area (Å²) < 4.78 is 5.67. The minimum Gasteiger partial charge on any atom is -0.495 e. The first-order valence-corrected chi connectivity index (χ1v) is 13.5. The third-order valence-corrected chi connectivity index (χ3v) is 7.04. The molecule has 1 N–H and O–H groups in total. The molecule has 0 amide bonds. The number of benzene rings is 3. The van der Waals surface area contributed by atoms with E-state index in [1.165, 1.54) is 30.9 Å². The number of nitrogens with zero attached hydrogens (tertiary/aromatic N) is 3. The maximum absolute atomic E-state index is 12.0. The summed E-state index contributed by atoms with van der Waals surface area (Å²) in [5.41, 5.74) is 6.91. The number of piperidine rings is 1. The Bertz CT molecular complexity index is 1450. The summed E-state index contributed by atoms with van der Waals surface area (Å²) in [5, 5.41) is 3.42. The van der Waals surface area contributed by atoms with Gasteiger partial charge in [0.05, 0.1) is 18.5 Å². The smallest absolute Gasteiger partial charge is 0.227 e. The summed E-state index contributed by atoms with van der Waals surface area (Å²) in [7, 11) is 1.72. The van der Waals surface area contributed by atoms with Crippen molar-refractivity contribution in [1.82, 2.24) is 9.97 Å². The molecule has 0 radical (unpaired) electrons. The molecule has 6 nitrogen and oxygen atoms in total. The van der Waals surface area contributed by atoms with Crippen LogP contribution < -0.4 is 15.0 Å². The zero-order valence-corrected chi connectivity index (χ0v) is 22.4. The Morgan fingerprint density at radius 3 is 2.56 bits per heavy atom. The molecule has 0 bridgehead atoms. The Morgan fingerprint density at radius 1 is 1.00 bits per heavy atom. The first kappa shape index (κ1) is 26.2. The van der Waals surface area contributed by atoms with Gasteiger partial charge in [-0.1, -0.05) is 55.1 Å². The summed E-state index contributed by atoms with van der Waals surface area (Å²) in [5.74, 6) is 1.38. The van der Waals surface area contributed by atoms with Gasteiger partial charge in [-0.2, -0.15) is 0 Å². The molecule has 1 aliphatic rings. The van der Waals surface area contributed by atoms with Crippen LogP contribution in [-0.4, -0.2) is 36.0 Å². The number of carbonyl (C=O) groups excluding carboxylic acids is 1. The molecule has 1 fully saturated rings. The maximum atomic E-state index is 12.0. The third-order valence-electron chi connectivity index (χ3n) is 7.04. The number of hydrogen-bond acceptors (Lipinski definition) is 6. The highest BCUT2D eigenvalue weighted by molar-refractivity contribution is 5.91. The molecule has 0 saturated carbocycles. The van der Waals surface area contributed by atoms with Gasteiger partial charge in [0.1, 0.15) is 5.75 Å². The minimum absolute atomic E-state index is 0.00859. The highest BCUT2D eigenvalue weighted by Gasteiger charge is 2.17. The molecule has 1 saturated heterocycles. The molecule has 2 heterocycles. The number of allylic oxidation sites excluding steroid dienone is 1. The van der Waals surface area contributed by atoms with Crippen molar-refractivity contribution in [2.75, 3.05) is 30.4 Å². The Labute approximate surface area is 230 Å². The van der Waals surface area contributed by atoms with Crippen molar-refractivity contribution in [3.63, 3.8) is 0 Å². The lowest BCUT2D eigenvalue weighted by atomic mass is 9.98. The number of methoxy groups -OCH3 is 1. The van der Waals surface area contributed by atoms with Crippen molar-refractivity contribution in [2.24, 2.45) is 0 Å². The number of rotatable bonds is 10. The number of carbonyl (C=O) groups is 1. The van der Waals surface area contributed by atoms with Crippen molar-refractivity contribution in [2.45, 2.75) is 32.1 Å². The second kappa shape index (κ2) is 12.4. The van der Waals surface area contributed by atoms with E-state index in [1.54, 1.807) is 7.11 Å². The quantitative estimate of drug-likeness (QED) is 0.234. The highest BCUT2D eigenvalue weighted by atomic mass is 16.5. The molecule has 0 aliphatic carbocycles. The van der Waals surface area contributed by atoms with Crippen LogP contribution in [0.25, 0.3) is 11.3 Å². The Kier molecular flexibility index (Phi) is 8.32. The topological polar surface area (TPSA) is 67.3 Å². The van der Waals surface area contributed by atoms with Crippen LogP contribution in [-0.2, 0) is 17.6 Å². The zero-order chi connectivity index (χ0) is 27.0. The van der Waals surface area contributed by atoms with Gasteiger partial charge in [0, 0.05) is 48.9 Å². The Balaban J connectivity index is 1.49. The molecule has 0 spiro atoms. The van der Waals surface area contributed by atoms with E-state index >= 15 is 0 Å². The summed E-state index contributed by atoms with van der Waals surface area (Å²) >= 11 is 0. The molecular formula is C33H34N4O2. The van der Waals surface area contributed by atoms with E-state index in [2.05, 4.69) is 35.0 Å². The predicted octanol–water partition coefficient (Wildman–Crippen LogP) is 6.77. The van der Waals surface area contributed by atoms with E-state index in [9.17, 15) is 4.79 Å². The van der Waals surface area contributed by atoms with Crippen molar-refractivity contribution in [3.05, 3.63) is 108 Å². The van der Waals surface area contributed by atoms with Gasteiger partial charge >= 0.3 is 0 Å². The molecule has 1 aromatic heterocycles. The van der Waals surface area contributed by atoms with Crippen LogP contribution in [0, 0.1) is 0 Å². The lowest BCUT2D eigenvalue weighted by Crippen LogP contribution is -2.29. The van der Waals surface area contributed by atoms with Crippen LogP contribution in [0.2, 0.25) is 0 Å². The highest BCUT2D eigenvalue weighted by Crippen LogP contribution is 2.34. The minimum atomic E-state index is -0.00859. The van der Waals surface area contributed by atoms with Crippen molar-refractivity contribution in [1.29, 1.82) is 0 Å². The van der Waals surface area contributed by atoms with E-state index < -0.39 is 0 Å². The third kappa shape index (κ3) is 6.52. The van der Waals surface area contributed by atoms with Gasteiger partial charge in [-0.3, -0.25) is 4.79 Å². The number of aromatic nitrogens is 2. The molecular weight excluding hydrogens is 484 g/mol. The van der Waals surface area contributed by atoms with E-state index in [0.717, 1.165) is 52.6 Å². The van der Waals surface area contributed by atoms with Crippen LogP contribution in [0.1, 0.15) is 36.0 Å². The molecule has 198 valence electrons. The Morgan fingerprint density at radius 2 is 1.79 bits per heavy atom. The fourth-order valence-corrected chi connectivity index (χ4v) is 5.04. The second-order valence-electron chi connectivity index (χ2n) is 9.84. The summed E-state index contributed by atoms with van der Waals surface area (Å²) in [4.78, 5) is 24.1. The van der Waals surface area contributed by atoms with Crippen LogP contribution in [0.4, 0.5) is 17.3 Å². The van der Waals surface area contributed by atoms with Gasteiger partial charge < -0.3 is 15.0 Å². The van der Waals surface area contributed by atoms with Crippen molar-refractivity contribution >= 4 is 23.1 Å². The van der Waals surface area contributed by atoms with E-state index in [4.69, 9.17) is 14.7 Å². The monoisotopic (exact) mass is 518 g/mol. The molecule has 3 aromatic carbocycles. The number of anilines is 3. The summed E-state index contributed by atoms with van der Waals surface area (Å²) in [6.45, 7) is 5.66. The molecule has 0 unspecified atom stereocenters. The van der Waals surface area contributed by atoms with Crippen molar-refractivity contribution in [3.8, 4) is 17.0 Å². The van der Waals surface area contributed by atoms with E-state index in [-0.39, 0.29) is 5.78 Å². The van der Waals surface area contributed by atoms with Gasteiger partial charge in [-0.05, 0) is 60.7 Å². The fourth-order valence-electron chi connectivity index (χ4n) is 5.04. The first-order chi connectivity index (χ1) is 19.1. The summed E-state index contributed by atoms with van der Waals surface area (Å²) in [6, 6.07) is 24.4. The predicted molar refractivity (Wildman–Crippen MR) is 158 cm³/mol. The summed E-state index contributed by atoms with van der Waals surface area (Å²) in [6.07, 6.45) is 7.93. The molecule has 39 heavy (non-hydrogen) atoms. The van der Waals surface area contributed by atoms with Crippen LogP contribution in [0.15, 0.2) is 91.6 Å². The first-order valence-electron chi connectivity index (χ1n) is 13.5. The van der Waals surface area contributed by atoms with E-state index in [0.29, 0.717) is 18.8 Å². The van der Waals surface area contributed by atoms with E-state index in [1.807, 2.05) is 60.8 Å². The van der Waals surface area contributed by atoms with Crippen molar-refractivity contribution < 1.29 is 9.53 Å². The van der Waals surface area contributed by atoms with Gasteiger partial charge in [0.2, 0.25) is 5.95 Å². The average molecular weight is 519 g/mol. The average Bonchev–Trinajstić information content (AvgIpc) is 2.99. The second-order valence-corrected chi connectivity index (χ2v) is 9.84. The standard InChI is InChI=1S/C33H34N4O2/c1-3-29(38)21-25-13-10-14-26(20-25)32-27(19-24-11-6-4-7-12-24)23-34-33(36-32)35-28-15-16-31(39-2)30(22-28)37-17-8-5-9-18-37/h3-4,6-7,10-16,20,22-23H,1,5,8-9,17-19,21H2,2H3,(H,34,35,36). The zero-order valence-electron chi connectivity index (χ0n) is 22.4. The van der Waals surface area contributed by atoms with Gasteiger partial charge in [0.25, 0.3) is 0 Å². The SMILES string of the molecule is C=CC(=O)Cc1cccc(-c2nc(Nc3ccc(OC)c(N4CCCCC4)c3)ncc2Cc2ccccc2)c1. The van der Waals surface area contributed by atoms with Crippen LogP contribution in [0.5, 0.6) is 5.75 Å². The number of hydrogen-bond donors (Lipinski definition) is 1. The molecule has 6 heteroatoms. The Hall–Kier alpha value is -4.45. The lowest BCUT2D eigenvalue weighted by Gasteiger charge is -2.30. The molecule has 0 atom stereocenters. The van der Waals surface area contributed by atoms with Crippen LogP contribution in [0.3, 0.4) is 0 Å². The van der Waals surface area contributed by atoms with Gasteiger partial charge in [-0.15, -0.1) is 0 Å². The maximum Gasteiger partial charge on any atom is 0.227 e. The largest absolute Gasteiger partial charge is 0.495 e. The normalized spacial score (nSPS) is 13.1. The number of ketones is 1. The molecule has 4 aromatic rings. The molecule has 1 aliphatic heterocycles. The fraction of sp³-hybridized carbons (Fsp3) is 0.242. The van der Waals surface area contributed by atoms with Gasteiger partial charge in [0.15, 0.2) is 5.78 Å². The van der Waals surface area contributed by atoms with Gasteiger partial charge in [-0.25, -0.2) is 9.97 Å². The number of ether oxygens (including phenoxy) is 1. The van der Waals surface area contributed by atoms with Crippen LogP contribution >= 0.6 is 0 Å².